The van der Waals surface area contributed by atoms with Crippen LogP contribution >= 0.6 is 0 Å². The molecule has 3 aromatic rings. The lowest BCUT2D eigenvalue weighted by Gasteiger charge is -2.18. The van der Waals surface area contributed by atoms with Gasteiger partial charge in [-0.2, -0.15) is 0 Å². The van der Waals surface area contributed by atoms with Crippen LogP contribution in [0.5, 0.6) is 11.5 Å². The van der Waals surface area contributed by atoms with Gasteiger partial charge in [0.1, 0.15) is 11.6 Å². The van der Waals surface area contributed by atoms with Gasteiger partial charge in [0.25, 0.3) is 5.91 Å². The summed E-state index contributed by atoms with van der Waals surface area (Å²) in [5.41, 5.74) is 1.53. The maximum atomic E-state index is 12.6. The number of imidazole rings is 1. The first-order valence-electron chi connectivity index (χ1n) is 8.14. The number of aryl methyl sites for hydroxylation is 1. The van der Waals surface area contributed by atoms with E-state index in [0.29, 0.717) is 23.6 Å². The average Bonchev–Trinajstić information content (AvgIpc) is 3.04. The zero-order chi connectivity index (χ0) is 17.8. The largest absolute Gasteiger partial charge is 0.493 e. The van der Waals surface area contributed by atoms with E-state index in [1.807, 2.05) is 60.0 Å². The van der Waals surface area contributed by atoms with Crippen molar-refractivity contribution >= 4 is 17.4 Å². The molecule has 0 unspecified atom stereocenters. The number of pyridine rings is 1. The molecule has 0 saturated carbocycles. The Kier molecular flexibility index (Phi) is 4.88. The van der Waals surface area contributed by atoms with Gasteiger partial charge in [0, 0.05) is 13.2 Å². The first kappa shape index (κ1) is 16.8. The highest BCUT2D eigenvalue weighted by atomic mass is 16.5. The minimum absolute atomic E-state index is 0.0408. The first-order valence-corrected chi connectivity index (χ1v) is 8.14. The van der Waals surface area contributed by atoms with Crippen LogP contribution in [0.1, 0.15) is 12.6 Å². The number of anilines is 1. The third-order valence-electron chi connectivity index (χ3n) is 4.01. The van der Waals surface area contributed by atoms with Crippen LogP contribution in [0.15, 0.2) is 48.7 Å². The minimum Gasteiger partial charge on any atom is -0.493 e. The Hall–Kier alpha value is -3.02. The molecule has 0 N–H and O–H groups in total. The molecule has 0 atom stereocenters. The molecule has 0 aliphatic rings. The van der Waals surface area contributed by atoms with Crippen molar-refractivity contribution in [3.8, 4) is 11.5 Å². The van der Waals surface area contributed by atoms with Crippen LogP contribution in [-0.2, 0) is 11.2 Å². The summed E-state index contributed by atoms with van der Waals surface area (Å²) in [6, 6.07) is 13.0. The SMILES string of the molecule is CCc1nc2c(OC)cccn2c1N(C)C(=O)COc1ccccc1. The normalized spacial score (nSPS) is 10.7. The molecule has 0 fully saturated rings. The van der Waals surface area contributed by atoms with Crippen molar-refractivity contribution in [2.45, 2.75) is 13.3 Å². The molecule has 0 bridgehead atoms. The van der Waals surface area contributed by atoms with Crippen molar-refractivity contribution in [2.75, 3.05) is 25.7 Å². The Morgan fingerprint density at radius 3 is 2.64 bits per heavy atom. The third-order valence-corrected chi connectivity index (χ3v) is 4.01. The number of amides is 1. The van der Waals surface area contributed by atoms with Crippen molar-refractivity contribution < 1.29 is 14.3 Å². The number of aromatic nitrogens is 2. The third kappa shape index (κ3) is 3.28. The molecule has 25 heavy (non-hydrogen) atoms. The summed E-state index contributed by atoms with van der Waals surface area (Å²) in [6.45, 7) is 1.97. The van der Waals surface area contributed by atoms with Crippen LogP contribution in [-0.4, -0.2) is 36.1 Å². The van der Waals surface area contributed by atoms with Crippen LogP contribution in [0.2, 0.25) is 0 Å². The van der Waals surface area contributed by atoms with E-state index in [1.54, 1.807) is 19.1 Å². The molecule has 0 aliphatic heterocycles. The summed E-state index contributed by atoms with van der Waals surface area (Å²) in [4.78, 5) is 18.8. The smallest absolute Gasteiger partial charge is 0.265 e. The van der Waals surface area contributed by atoms with Crippen molar-refractivity contribution in [3.63, 3.8) is 0 Å². The summed E-state index contributed by atoms with van der Waals surface area (Å²) in [5.74, 6) is 1.92. The second-order valence-electron chi connectivity index (χ2n) is 5.56. The van der Waals surface area contributed by atoms with Gasteiger partial charge in [-0.15, -0.1) is 0 Å². The predicted octanol–water partition coefficient (Wildman–Crippen LogP) is 2.95. The molecule has 2 heterocycles. The predicted molar refractivity (Wildman–Crippen MR) is 96.5 cm³/mol. The molecule has 0 saturated heterocycles. The Labute approximate surface area is 146 Å². The van der Waals surface area contributed by atoms with E-state index in [-0.39, 0.29) is 12.5 Å². The molecule has 0 aliphatic carbocycles. The fourth-order valence-electron chi connectivity index (χ4n) is 2.71. The number of benzene rings is 1. The van der Waals surface area contributed by atoms with Crippen LogP contribution in [0, 0.1) is 0 Å². The lowest BCUT2D eigenvalue weighted by molar-refractivity contribution is -0.120. The number of carbonyl (C=O) groups excluding carboxylic acids is 1. The number of methoxy groups -OCH3 is 1. The number of ether oxygens (including phenoxy) is 2. The highest BCUT2D eigenvalue weighted by Crippen LogP contribution is 2.27. The van der Waals surface area contributed by atoms with Crippen molar-refractivity contribution in [2.24, 2.45) is 0 Å². The maximum Gasteiger partial charge on any atom is 0.265 e. The van der Waals surface area contributed by atoms with Gasteiger partial charge in [-0.25, -0.2) is 4.98 Å². The van der Waals surface area contributed by atoms with Gasteiger partial charge in [-0.1, -0.05) is 25.1 Å². The van der Waals surface area contributed by atoms with E-state index in [1.165, 1.54) is 0 Å². The molecule has 130 valence electrons. The fourth-order valence-corrected chi connectivity index (χ4v) is 2.71. The fraction of sp³-hybridized carbons (Fsp3) is 0.263. The van der Waals surface area contributed by atoms with Crippen molar-refractivity contribution in [3.05, 3.63) is 54.4 Å². The standard InChI is InChI=1S/C19H21N3O3/c1-4-15-19(22-12-8-11-16(24-3)18(22)20-15)21(2)17(23)13-25-14-9-6-5-7-10-14/h5-12H,4,13H2,1-3H3. The quantitative estimate of drug-likeness (QED) is 0.693. The Balaban J connectivity index is 1.88. The number of rotatable bonds is 6. The van der Waals surface area contributed by atoms with Crippen LogP contribution in [0.4, 0.5) is 5.82 Å². The molecule has 0 radical (unpaired) electrons. The van der Waals surface area contributed by atoms with Crippen LogP contribution < -0.4 is 14.4 Å². The number of hydrogen-bond acceptors (Lipinski definition) is 4. The Morgan fingerprint density at radius 2 is 1.96 bits per heavy atom. The molecule has 3 rings (SSSR count). The van der Waals surface area contributed by atoms with Gasteiger partial charge < -0.3 is 9.47 Å². The van der Waals surface area contributed by atoms with E-state index in [2.05, 4.69) is 4.98 Å². The monoisotopic (exact) mass is 339 g/mol. The lowest BCUT2D eigenvalue weighted by atomic mass is 10.3. The Morgan fingerprint density at radius 1 is 1.20 bits per heavy atom. The average molecular weight is 339 g/mol. The van der Waals surface area contributed by atoms with Gasteiger partial charge in [-0.05, 0) is 30.7 Å². The molecule has 6 heteroatoms. The van der Waals surface area contributed by atoms with E-state index in [9.17, 15) is 4.79 Å². The van der Waals surface area contributed by atoms with Gasteiger partial charge in [0.15, 0.2) is 18.0 Å². The lowest BCUT2D eigenvalue weighted by Crippen LogP contribution is -2.32. The molecule has 2 aromatic heterocycles. The summed E-state index contributed by atoms with van der Waals surface area (Å²) in [6.07, 6.45) is 2.58. The summed E-state index contributed by atoms with van der Waals surface area (Å²) in [7, 11) is 3.34. The summed E-state index contributed by atoms with van der Waals surface area (Å²) in [5, 5.41) is 0. The number of likely N-dealkylation sites (N-methyl/N-ethyl adjacent to an activating group) is 1. The first-order chi connectivity index (χ1) is 12.2. The molecular formula is C19H21N3O3. The summed E-state index contributed by atoms with van der Waals surface area (Å²) < 4.78 is 12.8. The maximum absolute atomic E-state index is 12.6. The zero-order valence-electron chi connectivity index (χ0n) is 14.6. The Bertz CT molecular complexity index is 874. The number of fused-ring (bicyclic) bond motifs is 1. The van der Waals surface area contributed by atoms with Crippen molar-refractivity contribution in [1.82, 2.24) is 9.38 Å². The van der Waals surface area contributed by atoms with Crippen molar-refractivity contribution in [1.29, 1.82) is 0 Å². The number of para-hydroxylation sites is 1. The van der Waals surface area contributed by atoms with E-state index >= 15 is 0 Å². The highest BCUT2D eigenvalue weighted by molar-refractivity contribution is 5.94. The number of carbonyl (C=O) groups is 1. The summed E-state index contributed by atoms with van der Waals surface area (Å²) >= 11 is 0. The van der Waals surface area contributed by atoms with Crippen LogP contribution in [0.25, 0.3) is 5.65 Å². The van der Waals surface area contributed by atoms with Gasteiger partial charge in [-0.3, -0.25) is 14.1 Å². The van der Waals surface area contributed by atoms with E-state index in [4.69, 9.17) is 9.47 Å². The number of nitrogens with zero attached hydrogens (tertiary/aromatic N) is 3. The second kappa shape index (κ2) is 7.25. The van der Waals surface area contributed by atoms with Crippen LogP contribution in [0.3, 0.4) is 0 Å². The minimum atomic E-state index is -0.150. The number of hydrogen-bond donors (Lipinski definition) is 0. The van der Waals surface area contributed by atoms with E-state index < -0.39 is 0 Å². The topological polar surface area (TPSA) is 56.1 Å². The second-order valence-corrected chi connectivity index (χ2v) is 5.56. The zero-order valence-corrected chi connectivity index (χ0v) is 14.6. The molecule has 0 spiro atoms. The molecule has 6 nitrogen and oxygen atoms in total. The molecule has 1 amide bonds. The van der Waals surface area contributed by atoms with Gasteiger partial charge in [0.05, 0.1) is 12.8 Å². The van der Waals surface area contributed by atoms with Gasteiger partial charge in [0.2, 0.25) is 0 Å². The molecular weight excluding hydrogens is 318 g/mol. The van der Waals surface area contributed by atoms with E-state index in [0.717, 1.165) is 11.5 Å². The molecule has 1 aromatic carbocycles. The van der Waals surface area contributed by atoms with Gasteiger partial charge >= 0.3 is 0 Å². The highest BCUT2D eigenvalue weighted by Gasteiger charge is 2.21.